The van der Waals surface area contributed by atoms with Crippen molar-refractivity contribution >= 4 is 17.5 Å². The van der Waals surface area contributed by atoms with Crippen LogP contribution < -0.4 is 10.6 Å². The first kappa shape index (κ1) is 19.1. The molecule has 1 aromatic heterocycles. The number of hydrogen-bond donors (Lipinski definition) is 2. The molecule has 0 aliphatic carbocycles. The maximum absolute atomic E-state index is 12.9. The minimum Gasteiger partial charge on any atom is -0.345 e. The molecule has 1 aliphatic rings. The van der Waals surface area contributed by atoms with E-state index in [9.17, 15) is 9.59 Å². The maximum atomic E-state index is 12.9. The molecule has 1 aliphatic heterocycles. The highest BCUT2D eigenvalue weighted by atomic mass is 16.2. The summed E-state index contributed by atoms with van der Waals surface area (Å²) >= 11 is 0. The first-order chi connectivity index (χ1) is 12.7. The van der Waals surface area contributed by atoms with Gasteiger partial charge in [0, 0.05) is 17.8 Å². The highest BCUT2D eigenvalue weighted by Crippen LogP contribution is 2.23. The zero-order valence-corrected chi connectivity index (χ0v) is 16.8. The number of imidazole rings is 1. The quantitative estimate of drug-likeness (QED) is 0.869. The number of carbonyl (C=O) groups is 2. The van der Waals surface area contributed by atoms with E-state index in [2.05, 4.69) is 15.6 Å². The second-order valence-electron chi connectivity index (χ2n) is 8.32. The number of carbonyl (C=O) groups excluding carboxylic acids is 2. The summed E-state index contributed by atoms with van der Waals surface area (Å²) in [6.07, 6.45) is 2.73. The fourth-order valence-corrected chi connectivity index (χ4v) is 3.43. The number of nitrogens with one attached hydrogen (secondary N) is 2. The van der Waals surface area contributed by atoms with Gasteiger partial charge in [0.05, 0.1) is 5.69 Å². The molecule has 6 nitrogen and oxygen atoms in total. The van der Waals surface area contributed by atoms with Crippen molar-refractivity contribution in [3.63, 3.8) is 0 Å². The molecule has 2 amide bonds. The van der Waals surface area contributed by atoms with Crippen LogP contribution in [0.2, 0.25) is 0 Å². The molecule has 0 spiro atoms. The summed E-state index contributed by atoms with van der Waals surface area (Å²) in [6.45, 7) is 10.5. The zero-order chi connectivity index (χ0) is 19.8. The SMILES string of the molecule is Cc1ccc(NC(=O)c2nc(C(=O)NC(C)(C)C)n3c2CCCC3)c(C)c1. The van der Waals surface area contributed by atoms with E-state index in [-0.39, 0.29) is 17.4 Å². The molecule has 0 unspecified atom stereocenters. The van der Waals surface area contributed by atoms with Crippen molar-refractivity contribution < 1.29 is 9.59 Å². The Balaban J connectivity index is 1.93. The third-order valence-electron chi connectivity index (χ3n) is 4.65. The molecule has 0 saturated carbocycles. The molecule has 2 N–H and O–H groups in total. The van der Waals surface area contributed by atoms with Crippen LogP contribution in [-0.4, -0.2) is 26.9 Å². The van der Waals surface area contributed by atoms with Crippen LogP contribution >= 0.6 is 0 Å². The number of amides is 2. The first-order valence-corrected chi connectivity index (χ1v) is 9.46. The van der Waals surface area contributed by atoms with Gasteiger partial charge in [-0.1, -0.05) is 17.7 Å². The number of hydrogen-bond acceptors (Lipinski definition) is 3. The smallest absolute Gasteiger partial charge is 0.287 e. The lowest BCUT2D eigenvalue weighted by atomic mass is 10.1. The van der Waals surface area contributed by atoms with E-state index < -0.39 is 0 Å². The number of rotatable bonds is 3. The van der Waals surface area contributed by atoms with Gasteiger partial charge in [0.15, 0.2) is 11.5 Å². The van der Waals surface area contributed by atoms with E-state index in [1.54, 1.807) is 0 Å². The van der Waals surface area contributed by atoms with Crippen molar-refractivity contribution in [2.75, 3.05) is 5.32 Å². The third-order valence-corrected chi connectivity index (χ3v) is 4.65. The number of benzene rings is 1. The van der Waals surface area contributed by atoms with Crippen LogP contribution in [0.15, 0.2) is 18.2 Å². The summed E-state index contributed by atoms with van der Waals surface area (Å²) in [7, 11) is 0. The standard InChI is InChI=1S/C21H28N4O2/c1-13-9-10-15(14(2)12-13)22-19(26)17-16-8-6-7-11-25(16)18(23-17)20(27)24-21(3,4)5/h9-10,12H,6-8,11H2,1-5H3,(H,22,26)(H,24,27). The molecule has 0 saturated heterocycles. The molecule has 144 valence electrons. The molecule has 0 atom stereocenters. The first-order valence-electron chi connectivity index (χ1n) is 9.46. The Morgan fingerprint density at radius 3 is 2.52 bits per heavy atom. The molecule has 1 aromatic carbocycles. The Hall–Kier alpha value is -2.63. The van der Waals surface area contributed by atoms with Gasteiger partial charge in [0.25, 0.3) is 11.8 Å². The van der Waals surface area contributed by atoms with Crippen LogP contribution in [0.25, 0.3) is 0 Å². The largest absolute Gasteiger partial charge is 0.345 e. The van der Waals surface area contributed by atoms with Crippen molar-refractivity contribution in [1.29, 1.82) is 0 Å². The van der Waals surface area contributed by atoms with E-state index in [1.165, 1.54) is 0 Å². The number of aryl methyl sites for hydroxylation is 2. The topological polar surface area (TPSA) is 76.0 Å². The fraction of sp³-hybridized carbons (Fsp3) is 0.476. The highest BCUT2D eigenvalue weighted by molar-refractivity contribution is 6.05. The lowest BCUT2D eigenvalue weighted by Crippen LogP contribution is -2.42. The van der Waals surface area contributed by atoms with Crippen molar-refractivity contribution in [1.82, 2.24) is 14.9 Å². The second kappa shape index (κ2) is 7.18. The van der Waals surface area contributed by atoms with E-state index in [1.807, 2.05) is 57.4 Å². The predicted octanol–water partition coefficient (Wildman–Crippen LogP) is 3.62. The predicted molar refractivity (Wildman–Crippen MR) is 106 cm³/mol. The van der Waals surface area contributed by atoms with E-state index in [4.69, 9.17) is 0 Å². The normalized spacial score (nSPS) is 13.8. The molecule has 2 heterocycles. The van der Waals surface area contributed by atoms with Crippen LogP contribution in [0, 0.1) is 13.8 Å². The van der Waals surface area contributed by atoms with Gasteiger partial charge in [-0.3, -0.25) is 9.59 Å². The monoisotopic (exact) mass is 368 g/mol. The average Bonchev–Trinajstić information content (AvgIpc) is 2.96. The molecule has 27 heavy (non-hydrogen) atoms. The Morgan fingerprint density at radius 1 is 1.11 bits per heavy atom. The summed E-state index contributed by atoms with van der Waals surface area (Å²) in [5.41, 5.74) is 3.76. The number of anilines is 1. The number of fused-ring (bicyclic) bond motifs is 1. The molecule has 2 aromatic rings. The van der Waals surface area contributed by atoms with Crippen LogP contribution in [-0.2, 0) is 13.0 Å². The Bertz CT molecular complexity index is 890. The molecular formula is C21H28N4O2. The Labute approximate surface area is 160 Å². The van der Waals surface area contributed by atoms with Crippen LogP contribution in [0.5, 0.6) is 0 Å². The van der Waals surface area contributed by atoms with E-state index in [0.29, 0.717) is 18.1 Å². The molecule has 6 heteroatoms. The summed E-state index contributed by atoms with van der Waals surface area (Å²) < 4.78 is 1.90. The van der Waals surface area contributed by atoms with Crippen molar-refractivity contribution in [2.45, 2.75) is 66.0 Å². The minimum atomic E-state index is -0.362. The molecule has 0 bridgehead atoms. The minimum absolute atomic E-state index is 0.240. The Morgan fingerprint density at radius 2 is 1.85 bits per heavy atom. The summed E-state index contributed by atoms with van der Waals surface area (Å²) in [6, 6.07) is 5.90. The van der Waals surface area contributed by atoms with Gasteiger partial charge in [0.1, 0.15) is 0 Å². The summed E-state index contributed by atoms with van der Waals surface area (Å²) in [5.74, 6) is -0.177. The lowest BCUT2D eigenvalue weighted by Gasteiger charge is -2.22. The van der Waals surface area contributed by atoms with Crippen molar-refractivity contribution in [3.8, 4) is 0 Å². The Kier molecular flexibility index (Phi) is 5.09. The van der Waals surface area contributed by atoms with Gasteiger partial charge in [-0.05, 0) is 65.5 Å². The van der Waals surface area contributed by atoms with Crippen molar-refractivity contribution in [3.05, 3.63) is 46.5 Å². The molecule has 3 rings (SSSR count). The van der Waals surface area contributed by atoms with Crippen LogP contribution in [0.4, 0.5) is 5.69 Å². The number of aromatic nitrogens is 2. The maximum Gasteiger partial charge on any atom is 0.287 e. The van der Waals surface area contributed by atoms with Gasteiger partial charge in [0.2, 0.25) is 0 Å². The van der Waals surface area contributed by atoms with Crippen LogP contribution in [0.1, 0.15) is 71.5 Å². The van der Waals surface area contributed by atoms with Crippen LogP contribution in [0.3, 0.4) is 0 Å². The third kappa shape index (κ3) is 4.21. The lowest BCUT2D eigenvalue weighted by molar-refractivity contribution is 0.0903. The molecule has 0 radical (unpaired) electrons. The fourth-order valence-electron chi connectivity index (χ4n) is 3.43. The van der Waals surface area contributed by atoms with Gasteiger partial charge in [-0.15, -0.1) is 0 Å². The average molecular weight is 368 g/mol. The van der Waals surface area contributed by atoms with Crippen molar-refractivity contribution in [2.24, 2.45) is 0 Å². The van der Waals surface area contributed by atoms with E-state index >= 15 is 0 Å². The van der Waals surface area contributed by atoms with Gasteiger partial charge < -0.3 is 15.2 Å². The molecular weight excluding hydrogens is 340 g/mol. The van der Waals surface area contributed by atoms with E-state index in [0.717, 1.165) is 41.8 Å². The zero-order valence-electron chi connectivity index (χ0n) is 16.8. The van der Waals surface area contributed by atoms with Gasteiger partial charge >= 0.3 is 0 Å². The second-order valence-corrected chi connectivity index (χ2v) is 8.32. The highest BCUT2D eigenvalue weighted by Gasteiger charge is 2.29. The van der Waals surface area contributed by atoms with Gasteiger partial charge in [-0.25, -0.2) is 4.98 Å². The number of nitrogens with zero attached hydrogens (tertiary/aromatic N) is 2. The summed E-state index contributed by atoms with van der Waals surface area (Å²) in [4.78, 5) is 30.1. The summed E-state index contributed by atoms with van der Waals surface area (Å²) in [5, 5.41) is 5.91. The molecule has 0 fully saturated rings. The van der Waals surface area contributed by atoms with Gasteiger partial charge in [-0.2, -0.15) is 0 Å².